The van der Waals surface area contributed by atoms with Crippen LogP contribution in [0.25, 0.3) is 0 Å². The van der Waals surface area contributed by atoms with E-state index >= 15 is 0 Å². The Bertz CT molecular complexity index is 748. The van der Waals surface area contributed by atoms with Crippen LogP contribution in [-0.2, 0) is 16.0 Å². The molecule has 0 saturated carbocycles. The van der Waals surface area contributed by atoms with Crippen molar-refractivity contribution < 1.29 is 19.1 Å². The molecule has 0 fully saturated rings. The summed E-state index contributed by atoms with van der Waals surface area (Å²) in [6, 6.07) is 15.0. The fraction of sp³-hybridized carbons (Fsp3) is 0.300. The maximum Gasteiger partial charge on any atom is 0.309 e. The molecule has 0 bridgehead atoms. The summed E-state index contributed by atoms with van der Waals surface area (Å²) in [5.41, 5.74) is 2.83. The molecule has 0 unspecified atom stereocenters. The summed E-state index contributed by atoms with van der Waals surface area (Å²) < 4.78 is 10.1. The Morgan fingerprint density at radius 3 is 2.42 bits per heavy atom. The van der Waals surface area contributed by atoms with Crippen LogP contribution in [0.2, 0.25) is 0 Å². The summed E-state index contributed by atoms with van der Waals surface area (Å²) in [6.07, 6.45) is 0.923. The number of methoxy groups -OCH3 is 2. The van der Waals surface area contributed by atoms with Gasteiger partial charge in [-0.15, -0.1) is 0 Å². The summed E-state index contributed by atoms with van der Waals surface area (Å²) in [4.78, 5) is 24.8. The summed E-state index contributed by atoms with van der Waals surface area (Å²) in [5, 5.41) is 0. The molecular weight excluding hydrogens is 304 g/mol. The third kappa shape index (κ3) is 3.04. The van der Waals surface area contributed by atoms with Crippen LogP contribution in [0.1, 0.15) is 33.8 Å². The quantitative estimate of drug-likeness (QED) is 0.625. The van der Waals surface area contributed by atoms with Crippen LogP contribution in [0.3, 0.4) is 0 Å². The predicted molar refractivity (Wildman–Crippen MR) is 90.3 cm³/mol. The number of esters is 1. The van der Waals surface area contributed by atoms with E-state index < -0.39 is 0 Å². The molecule has 0 amide bonds. The van der Waals surface area contributed by atoms with Gasteiger partial charge in [0.2, 0.25) is 0 Å². The summed E-state index contributed by atoms with van der Waals surface area (Å²) in [7, 11) is 2.99. The standard InChI is InChI=1S/C20H20O4/c1-23-15-9-7-13(8-10-15)19(21)12-17-16-6-4-3-5-14(16)11-18(17)20(22)24-2/h3-10,17-18H,11-12H2,1-2H3/t17-,18+/m0/s1. The van der Waals surface area contributed by atoms with Crippen molar-refractivity contribution in [2.75, 3.05) is 14.2 Å². The number of Topliss-reactive ketones (excluding diaryl/α,β-unsaturated/α-hetero) is 1. The molecule has 0 saturated heterocycles. The molecule has 3 rings (SSSR count). The van der Waals surface area contributed by atoms with E-state index in [0.717, 1.165) is 11.1 Å². The number of fused-ring (bicyclic) bond motifs is 1. The first-order valence-corrected chi connectivity index (χ1v) is 7.97. The number of carbonyl (C=O) groups is 2. The van der Waals surface area contributed by atoms with Crippen LogP contribution < -0.4 is 4.74 Å². The zero-order valence-corrected chi connectivity index (χ0v) is 13.8. The van der Waals surface area contributed by atoms with Crippen LogP contribution in [-0.4, -0.2) is 26.0 Å². The number of hydrogen-bond acceptors (Lipinski definition) is 4. The molecular formula is C20H20O4. The van der Waals surface area contributed by atoms with Gasteiger partial charge in [-0.2, -0.15) is 0 Å². The fourth-order valence-electron chi connectivity index (χ4n) is 3.42. The molecule has 0 N–H and O–H groups in total. The minimum absolute atomic E-state index is 0.0215. The molecule has 2 aromatic rings. The fourth-order valence-corrected chi connectivity index (χ4v) is 3.42. The summed E-state index contributed by atoms with van der Waals surface area (Å²) >= 11 is 0. The normalized spacial score (nSPS) is 18.8. The van der Waals surface area contributed by atoms with Crippen LogP contribution in [0.15, 0.2) is 48.5 Å². The topological polar surface area (TPSA) is 52.6 Å². The Kier molecular flexibility index (Phi) is 4.65. The van der Waals surface area contributed by atoms with Gasteiger partial charge < -0.3 is 9.47 Å². The number of hydrogen-bond donors (Lipinski definition) is 0. The maximum atomic E-state index is 12.7. The summed E-state index contributed by atoms with van der Waals surface area (Å²) in [6.45, 7) is 0. The molecule has 0 spiro atoms. The third-order valence-electron chi connectivity index (χ3n) is 4.70. The first-order valence-electron chi connectivity index (χ1n) is 7.97. The number of benzene rings is 2. The average molecular weight is 324 g/mol. The molecule has 24 heavy (non-hydrogen) atoms. The Morgan fingerprint density at radius 2 is 1.75 bits per heavy atom. The number of rotatable bonds is 5. The van der Waals surface area contributed by atoms with E-state index in [-0.39, 0.29) is 23.6 Å². The maximum absolute atomic E-state index is 12.7. The van der Waals surface area contributed by atoms with E-state index in [1.165, 1.54) is 7.11 Å². The molecule has 2 atom stereocenters. The van der Waals surface area contributed by atoms with E-state index in [2.05, 4.69) is 0 Å². The molecule has 124 valence electrons. The van der Waals surface area contributed by atoms with E-state index in [1.807, 2.05) is 24.3 Å². The van der Waals surface area contributed by atoms with Crippen molar-refractivity contribution in [1.29, 1.82) is 0 Å². The number of ether oxygens (including phenoxy) is 2. The van der Waals surface area contributed by atoms with Gasteiger partial charge in [0.1, 0.15) is 5.75 Å². The zero-order valence-electron chi connectivity index (χ0n) is 13.8. The van der Waals surface area contributed by atoms with Gasteiger partial charge in [0, 0.05) is 17.9 Å². The second-order valence-corrected chi connectivity index (χ2v) is 5.99. The van der Waals surface area contributed by atoms with Crippen molar-refractivity contribution in [3.8, 4) is 5.75 Å². The number of ketones is 1. The van der Waals surface area contributed by atoms with Gasteiger partial charge in [0.25, 0.3) is 0 Å². The lowest BCUT2D eigenvalue weighted by atomic mass is 9.86. The van der Waals surface area contributed by atoms with E-state index in [1.54, 1.807) is 31.4 Å². The monoisotopic (exact) mass is 324 g/mol. The van der Waals surface area contributed by atoms with E-state index in [9.17, 15) is 9.59 Å². The second-order valence-electron chi connectivity index (χ2n) is 5.99. The zero-order chi connectivity index (χ0) is 17.1. The minimum atomic E-state index is -0.297. The Hall–Kier alpha value is -2.62. The Balaban J connectivity index is 1.84. The van der Waals surface area contributed by atoms with Gasteiger partial charge >= 0.3 is 5.97 Å². The van der Waals surface area contributed by atoms with Crippen molar-refractivity contribution in [2.45, 2.75) is 18.8 Å². The molecule has 0 radical (unpaired) electrons. The molecule has 1 aliphatic carbocycles. The second kappa shape index (κ2) is 6.87. The van der Waals surface area contributed by atoms with E-state index in [4.69, 9.17) is 9.47 Å². The van der Waals surface area contributed by atoms with Crippen LogP contribution >= 0.6 is 0 Å². The molecule has 0 heterocycles. The SMILES string of the molecule is COC(=O)[C@@H]1Cc2ccccc2[C@@H]1CC(=O)c1ccc(OC)cc1. The lowest BCUT2D eigenvalue weighted by Crippen LogP contribution is -2.22. The third-order valence-corrected chi connectivity index (χ3v) is 4.70. The van der Waals surface area contributed by atoms with Crippen molar-refractivity contribution in [2.24, 2.45) is 5.92 Å². The highest BCUT2D eigenvalue weighted by Crippen LogP contribution is 2.41. The highest BCUT2D eigenvalue weighted by Gasteiger charge is 2.38. The molecule has 0 aromatic heterocycles. The van der Waals surface area contributed by atoms with Gasteiger partial charge in [-0.3, -0.25) is 9.59 Å². The minimum Gasteiger partial charge on any atom is -0.497 e. The largest absolute Gasteiger partial charge is 0.497 e. The molecule has 0 aliphatic heterocycles. The van der Waals surface area contributed by atoms with Crippen molar-refractivity contribution >= 4 is 11.8 Å². The van der Waals surface area contributed by atoms with Crippen molar-refractivity contribution in [3.05, 3.63) is 65.2 Å². The van der Waals surface area contributed by atoms with Gasteiger partial charge in [-0.05, 0) is 41.8 Å². The first-order chi connectivity index (χ1) is 11.6. The predicted octanol–water partition coefficient (Wildman–Crippen LogP) is 3.40. The van der Waals surface area contributed by atoms with Crippen molar-refractivity contribution in [1.82, 2.24) is 0 Å². The van der Waals surface area contributed by atoms with Gasteiger partial charge in [0.15, 0.2) is 5.78 Å². The van der Waals surface area contributed by atoms with Gasteiger partial charge in [0.05, 0.1) is 20.1 Å². The lowest BCUT2D eigenvalue weighted by Gasteiger charge is -2.18. The Morgan fingerprint density at radius 1 is 1.04 bits per heavy atom. The molecule has 4 heteroatoms. The first kappa shape index (κ1) is 16.2. The van der Waals surface area contributed by atoms with Crippen LogP contribution in [0.5, 0.6) is 5.75 Å². The van der Waals surface area contributed by atoms with Crippen LogP contribution in [0, 0.1) is 5.92 Å². The summed E-state index contributed by atoms with van der Waals surface area (Å²) in [5.74, 6) is 0.0510. The van der Waals surface area contributed by atoms with Crippen molar-refractivity contribution in [3.63, 3.8) is 0 Å². The molecule has 1 aliphatic rings. The van der Waals surface area contributed by atoms with Crippen LogP contribution in [0.4, 0.5) is 0 Å². The smallest absolute Gasteiger partial charge is 0.309 e. The van der Waals surface area contributed by atoms with E-state index in [0.29, 0.717) is 24.2 Å². The highest BCUT2D eigenvalue weighted by molar-refractivity contribution is 5.97. The lowest BCUT2D eigenvalue weighted by molar-refractivity contribution is -0.145. The number of carbonyl (C=O) groups excluding carboxylic acids is 2. The van der Waals surface area contributed by atoms with Gasteiger partial charge in [-0.25, -0.2) is 0 Å². The Labute approximate surface area is 141 Å². The molecule has 2 aromatic carbocycles. The highest BCUT2D eigenvalue weighted by atomic mass is 16.5. The van der Waals surface area contributed by atoms with Gasteiger partial charge in [-0.1, -0.05) is 24.3 Å². The average Bonchev–Trinajstić information content (AvgIpc) is 2.99. The molecule has 4 nitrogen and oxygen atoms in total.